The number of nitrogens with two attached hydrogens (primary N) is 1. The number of benzene rings is 1. The summed E-state index contributed by atoms with van der Waals surface area (Å²) in [7, 11) is 0. The van der Waals surface area contributed by atoms with Crippen molar-refractivity contribution in [1.82, 2.24) is 5.32 Å². The van der Waals surface area contributed by atoms with E-state index in [1.807, 2.05) is 0 Å². The lowest BCUT2D eigenvalue weighted by molar-refractivity contribution is 0.189. The molecule has 1 unspecified atom stereocenters. The smallest absolute Gasteiger partial charge is 0.319 e. The van der Waals surface area contributed by atoms with Crippen LogP contribution < -0.4 is 16.4 Å². The van der Waals surface area contributed by atoms with Crippen molar-refractivity contribution in [2.45, 2.75) is 12.5 Å². The maximum absolute atomic E-state index is 13.8. The monoisotopic (exact) mass is 277 g/mol. The molecule has 1 saturated heterocycles. The summed E-state index contributed by atoms with van der Waals surface area (Å²) in [4.78, 5) is 11.7. The third-order valence-corrected chi connectivity index (χ3v) is 2.82. The van der Waals surface area contributed by atoms with E-state index in [2.05, 4.69) is 22.5 Å². The fourth-order valence-corrected chi connectivity index (χ4v) is 1.84. The molecule has 106 valence electrons. The van der Waals surface area contributed by atoms with Gasteiger partial charge >= 0.3 is 6.03 Å². The molecule has 0 spiro atoms. The quantitative estimate of drug-likeness (QED) is 0.707. The SMILES string of the molecule is NCC#Cc1ccc(NC(=O)NC2CCOC2)c(F)c1. The highest BCUT2D eigenvalue weighted by atomic mass is 19.1. The fraction of sp³-hybridized carbons (Fsp3) is 0.357. The van der Waals surface area contributed by atoms with Crippen molar-refractivity contribution < 1.29 is 13.9 Å². The maximum atomic E-state index is 13.8. The lowest BCUT2D eigenvalue weighted by Gasteiger charge is -2.12. The molecular weight excluding hydrogens is 261 g/mol. The Bertz CT molecular complexity index is 545. The summed E-state index contributed by atoms with van der Waals surface area (Å²) in [5.41, 5.74) is 5.87. The van der Waals surface area contributed by atoms with Crippen LogP contribution >= 0.6 is 0 Å². The molecule has 5 nitrogen and oxygen atoms in total. The Kier molecular flexibility index (Phi) is 4.93. The van der Waals surface area contributed by atoms with Gasteiger partial charge in [-0.25, -0.2) is 9.18 Å². The molecule has 1 aliphatic rings. The highest BCUT2D eigenvalue weighted by Gasteiger charge is 2.18. The van der Waals surface area contributed by atoms with E-state index in [4.69, 9.17) is 10.5 Å². The Morgan fingerprint density at radius 2 is 2.40 bits per heavy atom. The van der Waals surface area contributed by atoms with Crippen molar-refractivity contribution in [1.29, 1.82) is 0 Å². The molecule has 20 heavy (non-hydrogen) atoms. The molecule has 4 N–H and O–H groups in total. The molecule has 0 saturated carbocycles. The van der Waals surface area contributed by atoms with Gasteiger partial charge in [-0.3, -0.25) is 0 Å². The summed E-state index contributed by atoms with van der Waals surface area (Å²) in [5, 5.41) is 5.18. The molecule has 0 aliphatic carbocycles. The molecule has 1 aliphatic heterocycles. The molecule has 2 amide bonds. The van der Waals surface area contributed by atoms with Crippen LogP contribution in [0.3, 0.4) is 0 Å². The second-order valence-corrected chi connectivity index (χ2v) is 4.36. The molecule has 1 fully saturated rings. The van der Waals surface area contributed by atoms with Crippen molar-refractivity contribution >= 4 is 11.7 Å². The normalized spacial score (nSPS) is 17.2. The van der Waals surface area contributed by atoms with Crippen LogP contribution in [0.1, 0.15) is 12.0 Å². The molecular formula is C14H16FN3O2. The summed E-state index contributed by atoms with van der Waals surface area (Å²) < 4.78 is 18.9. The summed E-state index contributed by atoms with van der Waals surface area (Å²) in [6.07, 6.45) is 0.767. The van der Waals surface area contributed by atoms with E-state index < -0.39 is 11.8 Å². The van der Waals surface area contributed by atoms with Crippen molar-refractivity contribution in [2.24, 2.45) is 5.73 Å². The van der Waals surface area contributed by atoms with E-state index in [9.17, 15) is 9.18 Å². The number of nitrogens with one attached hydrogen (secondary N) is 2. The first-order valence-electron chi connectivity index (χ1n) is 6.33. The van der Waals surface area contributed by atoms with Gasteiger partial charge in [0, 0.05) is 12.2 Å². The van der Waals surface area contributed by atoms with Crippen molar-refractivity contribution in [3.05, 3.63) is 29.6 Å². The first kappa shape index (κ1) is 14.3. The second-order valence-electron chi connectivity index (χ2n) is 4.36. The zero-order valence-corrected chi connectivity index (χ0v) is 10.9. The van der Waals surface area contributed by atoms with Gasteiger partial charge in [0.1, 0.15) is 5.82 Å². The maximum Gasteiger partial charge on any atom is 0.319 e. The third-order valence-electron chi connectivity index (χ3n) is 2.82. The van der Waals surface area contributed by atoms with Crippen molar-refractivity contribution in [3.8, 4) is 11.8 Å². The van der Waals surface area contributed by atoms with E-state index in [-0.39, 0.29) is 18.3 Å². The molecule has 1 aromatic carbocycles. The van der Waals surface area contributed by atoms with Gasteiger partial charge in [-0.05, 0) is 24.6 Å². The number of carbonyl (C=O) groups is 1. The highest BCUT2D eigenvalue weighted by molar-refractivity contribution is 5.89. The number of rotatable bonds is 2. The topological polar surface area (TPSA) is 76.4 Å². The molecule has 2 rings (SSSR count). The lowest BCUT2D eigenvalue weighted by atomic mass is 10.2. The summed E-state index contributed by atoms with van der Waals surface area (Å²) in [6, 6.07) is 3.89. The Morgan fingerprint density at radius 3 is 3.05 bits per heavy atom. The van der Waals surface area contributed by atoms with Crippen LogP contribution in [-0.2, 0) is 4.74 Å². The van der Waals surface area contributed by atoms with Gasteiger partial charge in [-0.1, -0.05) is 11.8 Å². The van der Waals surface area contributed by atoms with Crippen LogP contribution in [0.4, 0.5) is 14.9 Å². The van der Waals surface area contributed by atoms with Gasteiger partial charge in [0.2, 0.25) is 0 Å². The van der Waals surface area contributed by atoms with Crippen LogP contribution in [0.15, 0.2) is 18.2 Å². The number of ether oxygens (including phenoxy) is 1. The van der Waals surface area contributed by atoms with Gasteiger partial charge in [-0.2, -0.15) is 0 Å². The predicted molar refractivity (Wildman–Crippen MR) is 73.7 cm³/mol. The van der Waals surface area contributed by atoms with Gasteiger partial charge in [0.25, 0.3) is 0 Å². The van der Waals surface area contributed by atoms with E-state index in [0.29, 0.717) is 18.8 Å². The first-order chi connectivity index (χ1) is 9.69. The Hall–Kier alpha value is -2.10. The Balaban J connectivity index is 1.96. The average molecular weight is 277 g/mol. The molecule has 1 aromatic rings. The zero-order chi connectivity index (χ0) is 14.4. The molecule has 1 heterocycles. The van der Waals surface area contributed by atoms with Crippen molar-refractivity contribution in [3.63, 3.8) is 0 Å². The zero-order valence-electron chi connectivity index (χ0n) is 10.9. The second kappa shape index (κ2) is 6.89. The minimum atomic E-state index is -0.536. The van der Waals surface area contributed by atoms with Crippen LogP contribution in [0.25, 0.3) is 0 Å². The number of hydrogen-bond donors (Lipinski definition) is 3. The van der Waals surface area contributed by atoms with Gasteiger partial charge in [0.15, 0.2) is 0 Å². The minimum absolute atomic E-state index is 0.0206. The summed E-state index contributed by atoms with van der Waals surface area (Å²) >= 11 is 0. The van der Waals surface area contributed by atoms with E-state index in [0.717, 1.165) is 6.42 Å². The van der Waals surface area contributed by atoms with Crippen LogP contribution in [-0.4, -0.2) is 31.8 Å². The van der Waals surface area contributed by atoms with Gasteiger partial charge in [-0.15, -0.1) is 0 Å². The van der Waals surface area contributed by atoms with E-state index in [1.165, 1.54) is 12.1 Å². The number of urea groups is 1. The average Bonchev–Trinajstić information content (AvgIpc) is 2.92. The number of amides is 2. The standard InChI is InChI=1S/C14H16FN3O2/c15-12-8-10(2-1-6-16)3-4-13(12)18-14(19)17-11-5-7-20-9-11/h3-4,8,11H,5-7,9,16H2,(H2,17,18,19). The molecule has 0 aromatic heterocycles. The third kappa shape index (κ3) is 3.95. The highest BCUT2D eigenvalue weighted by Crippen LogP contribution is 2.15. The molecule has 0 bridgehead atoms. The van der Waals surface area contributed by atoms with Crippen LogP contribution in [0.5, 0.6) is 0 Å². The van der Waals surface area contributed by atoms with Crippen LogP contribution in [0.2, 0.25) is 0 Å². The fourth-order valence-electron chi connectivity index (χ4n) is 1.84. The summed E-state index contributed by atoms with van der Waals surface area (Å²) in [6.45, 7) is 1.34. The van der Waals surface area contributed by atoms with Crippen LogP contribution in [0, 0.1) is 17.7 Å². The summed E-state index contributed by atoms with van der Waals surface area (Å²) in [5.74, 6) is 4.83. The van der Waals surface area contributed by atoms with E-state index >= 15 is 0 Å². The number of carbonyl (C=O) groups excluding carboxylic acids is 1. The molecule has 6 heteroatoms. The number of anilines is 1. The predicted octanol–water partition coefficient (Wildman–Crippen LogP) is 1.05. The lowest BCUT2D eigenvalue weighted by Crippen LogP contribution is -2.38. The van der Waals surface area contributed by atoms with Gasteiger partial charge < -0.3 is 21.1 Å². The first-order valence-corrected chi connectivity index (χ1v) is 6.33. The Morgan fingerprint density at radius 1 is 1.55 bits per heavy atom. The minimum Gasteiger partial charge on any atom is -0.379 e. The Labute approximate surface area is 116 Å². The van der Waals surface area contributed by atoms with Crippen molar-refractivity contribution in [2.75, 3.05) is 25.1 Å². The number of halogens is 1. The number of hydrogen-bond acceptors (Lipinski definition) is 3. The van der Waals surface area contributed by atoms with Gasteiger partial charge in [0.05, 0.1) is 24.9 Å². The largest absolute Gasteiger partial charge is 0.379 e. The molecule has 0 radical (unpaired) electrons. The molecule has 1 atom stereocenters. The van der Waals surface area contributed by atoms with E-state index in [1.54, 1.807) is 6.07 Å².